The molecule has 1 heterocycles. The number of hydrogen-bond acceptors (Lipinski definition) is 4. The van der Waals surface area contributed by atoms with Crippen LogP contribution in [0.15, 0.2) is 42.6 Å². The summed E-state index contributed by atoms with van der Waals surface area (Å²) in [7, 11) is 1.38. The van der Waals surface area contributed by atoms with Crippen molar-refractivity contribution in [3.63, 3.8) is 0 Å². The highest BCUT2D eigenvalue weighted by molar-refractivity contribution is 7.15. The number of carbonyl (C=O) groups is 1. The number of thiazole rings is 1. The molecule has 0 atom stereocenters. The van der Waals surface area contributed by atoms with Crippen LogP contribution in [-0.4, -0.2) is 18.0 Å². The molecule has 134 valence electrons. The van der Waals surface area contributed by atoms with E-state index in [-0.39, 0.29) is 22.9 Å². The Morgan fingerprint density at radius 3 is 2.62 bits per heavy atom. The number of aromatic nitrogens is 1. The van der Waals surface area contributed by atoms with Gasteiger partial charge < -0.3 is 4.74 Å². The standard InChI is InChI=1S/C18H13F3N2O2S/c1-25-16-5-4-11(19)7-14(16)17(24)23-18-22-9-13(26-18)6-10-2-3-12(20)8-15(10)21/h2-5,7-9H,6H2,1H3,(H,22,23,24). The van der Waals surface area contributed by atoms with Crippen LogP contribution in [0.1, 0.15) is 20.8 Å². The number of nitrogens with zero attached hydrogens (tertiary/aromatic N) is 1. The Morgan fingerprint density at radius 1 is 1.15 bits per heavy atom. The molecule has 0 aliphatic rings. The van der Waals surface area contributed by atoms with Crippen molar-refractivity contribution < 1.29 is 22.7 Å². The maximum absolute atomic E-state index is 13.7. The number of anilines is 1. The molecule has 0 radical (unpaired) electrons. The predicted octanol–water partition coefficient (Wildman–Crippen LogP) is 4.41. The van der Waals surface area contributed by atoms with Crippen molar-refractivity contribution in [1.82, 2.24) is 4.98 Å². The van der Waals surface area contributed by atoms with Crippen LogP contribution in [0.25, 0.3) is 0 Å². The van der Waals surface area contributed by atoms with Gasteiger partial charge >= 0.3 is 0 Å². The zero-order valence-electron chi connectivity index (χ0n) is 13.6. The zero-order chi connectivity index (χ0) is 18.7. The lowest BCUT2D eigenvalue weighted by Crippen LogP contribution is -2.13. The fourth-order valence-corrected chi connectivity index (χ4v) is 3.15. The largest absolute Gasteiger partial charge is 0.496 e. The second-order valence-electron chi connectivity index (χ2n) is 5.34. The third-order valence-electron chi connectivity index (χ3n) is 3.56. The number of nitrogens with one attached hydrogen (secondary N) is 1. The maximum atomic E-state index is 13.7. The van der Waals surface area contributed by atoms with Crippen LogP contribution in [-0.2, 0) is 6.42 Å². The monoisotopic (exact) mass is 378 g/mol. The Bertz CT molecular complexity index is 959. The highest BCUT2D eigenvalue weighted by Crippen LogP contribution is 2.25. The maximum Gasteiger partial charge on any atom is 0.261 e. The van der Waals surface area contributed by atoms with E-state index in [2.05, 4.69) is 10.3 Å². The number of amides is 1. The van der Waals surface area contributed by atoms with Gasteiger partial charge in [-0.2, -0.15) is 0 Å². The minimum Gasteiger partial charge on any atom is -0.496 e. The van der Waals surface area contributed by atoms with Gasteiger partial charge in [-0.25, -0.2) is 18.2 Å². The van der Waals surface area contributed by atoms with Gasteiger partial charge in [0.05, 0.1) is 12.7 Å². The second kappa shape index (κ2) is 7.57. The first-order valence-corrected chi connectivity index (χ1v) is 8.31. The average molecular weight is 378 g/mol. The van der Waals surface area contributed by atoms with E-state index in [0.717, 1.165) is 23.5 Å². The first-order chi connectivity index (χ1) is 12.5. The Kier molecular flexibility index (Phi) is 5.22. The first-order valence-electron chi connectivity index (χ1n) is 7.50. The van der Waals surface area contributed by atoms with E-state index in [1.165, 1.54) is 37.6 Å². The van der Waals surface area contributed by atoms with Crippen molar-refractivity contribution in [3.8, 4) is 5.75 Å². The van der Waals surface area contributed by atoms with E-state index in [1.807, 2.05) is 0 Å². The lowest BCUT2D eigenvalue weighted by molar-refractivity contribution is 0.102. The molecule has 0 aliphatic carbocycles. The van der Waals surface area contributed by atoms with Crippen molar-refractivity contribution in [2.45, 2.75) is 6.42 Å². The molecule has 2 aromatic carbocycles. The van der Waals surface area contributed by atoms with E-state index in [1.54, 1.807) is 0 Å². The number of halogens is 3. The topological polar surface area (TPSA) is 51.2 Å². The van der Waals surface area contributed by atoms with Crippen molar-refractivity contribution in [2.24, 2.45) is 0 Å². The molecule has 0 saturated heterocycles. The van der Waals surface area contributed by atoms with Crippen LogP contribution >= 0.6 is 11.3 Å². The zero-order valence-corrected chi connectivity index (χ0v) is 14.4. The molecule has 0 saturated carbocycles. The van der Waals surface area contributed by atoms with Crippen LogP contribution in [0.3, 0.4) is 0 Å². The van der Waals surface area contributed by atoms with Gasteiger partial charge in [-0.1, -0.05) is 6.07 Å². The first kappa shape index (κ1) is 17.9. The van der Waals surface area contributed by atoms with Crippen molar-refractivity contribution >= 4 is 22.4 Å². The summed E-state index contributed by atoms with van der Waals surface area (Å²) in [5, 5.41) is 2.83. The molecule has 1 amide bonds. The average Bonchev–Trinajstić information content (AvgIpc) is 3.04. The van der Waals surface area contributed by atoms with Gasteiger partial charge in [-0.05, 0) is 29.8 Å². The van der Waals surface area contributed by atoms with Crippen LogP contribution < -0.4 is 10.1 Å². The summed E-state index contributed by atoms with van der Waals surface area (Å²) in [4.78, 5) is 17.0. The molecule has 0 fully saturated rings. The molecule has 1 N–H and O–H groups in total. The lowest BCUT2D eigenvalue weighted by Gasteiger charge is -2.07. The molecule has 4 nitrogen and oxygen atoms in total. The summed E-state index contributed by atoms with van der Waals surface area (Å²) >= 11 is 1.14. The minimum absolute atomic E-state index is 0.0360. The molecule has 3 rings (SSSR count). The van der Waals surface area contributed by atoms with E-state index >= 15 is 0 Å². The molecule has 1 aromatic heterocycles. The summed E-state index contributed by atoms with van der Waals surface area (Å²) in [5.41, 5.74) is 0.355. The SMILES string of the molecule is COc1ccc(F)cc1C(=O)Nc1ncc(Cc2ccc(F)cc2F)s1. The van der Waals surface area contributed by atoms with Gasteiger partial charge in [0.25, 0.3) is 5.91 Å². The van der Waals surface area contributed by atoms with Crippen molar-refractivity contribution in [1.29, 1.82) is 0 Å². The van der Waals surface area contributed by atoms with Crippen LogP contribution in [0.5, 0.6) is 5.75 Å². The summed E-state index contributed by atoms with van der Waals surface area (Å²) in [5.74, 6) is -2.20. The molecule has 0 spiro atoms. The van der Waals surface area contributed by atoms with E-state index in [9.17, 15) is 18.0 Å². The van der Waals surface area contributed by atoms with E-state index in [0.29, 0.717) is 10.4 Å². The summed E-state index contributed by atoms with van der Waals surface area (Å²) in [6, 6.07) is 6.97. The van der Waals surface area contributed by atoms with Gasteiger partial charge in [0.1, 0.15) is 23.2 Å². The number of carbonyl (C=O) groups excluding carboxylic acids is 1. The van der Waals surface area contributed by atoms with Crippen LogP contribution in [0.4, 0.5) is 18.3 Å². The Hall–Kier alpha value is -2.87. The Labute approximate surface area is 151 Å². The van der Waals surface area contributed by atoms with Crippen molar-refractivity contribution in [3.05, 3.63) is 76.1 Å². The molecular formula is C18H13F3N2O2S. The smallest absolute Gasteiger partial charge is 0.261 e. The Balaban J connectivity index is 1.74. The highest BCUT2D eigenvalue weighted by Gasteiger charge is 2.16. The third kappa shape index (κ3) is 4.02. The quantitative estimate of drug-likeness (QED) is 0.715. The van der Waals surface area contributed by atoms with Crippen molar-refractivity contribution in [2.75, 3.05) is 12.4 Å². The number of hydrogen-bond donors (Lipinski definition) is 1. The number of benzene rings is 2. The van der Waals surface area contributed by atoms with Gasteiger partial charge in [0, 0.05) is 23.6 Å². The summed E-state index contributed by atoms with van der Waals surface area (Å²) in [6.07, 6.45) is 1.70. The number of methoxy groups -OCH3 is 1. The van der Waals surface area contributed by atoms with E-state index in [4.69, 9.17) is 4.74 Å². The lowest BCUT2D eigenvalue weighted by atomic mass is 10.1. The van der Waals surface area contributed by atoms with Gasteiger partial charge in [0.15, 0.2) is 5.13 Å². The number of rotatable bonds is 5. The molecule has 0 bridgehead atoms. The molecular weight excluding hydrogens is 365 g/mol. The summed E-state index contributed by atoms with van der Waals surface area (Å²) in [6.45, 7) is 0. The van der Waals surface area contributed by atoms with Gasteiger partial charge in [0.2, 0.25) is 0 Å². The normalized spacial score (nSPS) is 10.6. The van der Waals surface area contributed by atoms with E-state index < -0.39 is 23.4 Å². The van der Waals surface area contributed by atoms with Gasteiger partial charge in [-0.15, -0.1) is 11.3 Å². The second-order valence-corrected chi connectivity index (χ2v) is 6.46. The molecule has 0 unspecified atom stereocenters. The van der Waals surface area contributed by atoms with Crippen LogP contribution in [0, 0.1) is 17.5 Å². The summed E-state index contributed by atoms with van der Waals surface area (Å²) < 4.78 is 45.1. The van der Waals surface area contributed by atoms with Crippen LogP contribution in [0.2, 0.25) is 0 Å². The number of ether oxygens (including phenoxy) is 1. The molecule has 26 heavy (non-hydrogen) atoms. The third-order valence-corrected chi connectivity index (χ3v) is 4.47. The Morgan fingerprint density at radius 2 is 1.88 bits per heavy atom. The molecule has 8 heteroatoms. The fourth-order valence-electron chi connectivity index (χ4n) is 2.32. The fraction of sp³-hybridized carbons (Fsp3) is 0.111. The van der Waals surface area contributed by atoms with Gasteiger partial charge in [-0.3, -0.25) is 10.1 Å². The molecule has 3 aromatic rings. The predicted molar refractivity (Wildman–Crippen MR) is 92.2 cm³/mol. The minimum atomic E-state index is -0.646. The highest BCUT2D eigenvalue weighted by atomic mass is 32.1. The molecule has 0 aliphatic heterocycles.